The minimum Gasteiger partial charge on any atom is -0.463 e. The van der Waals surface area contributed by atoms with E-state index in [1.807, 2.05) is 6.07 Å². The van der Waals surface area contributed by atoms with Crippen molar-refractivity contribution in [1.82, 2.24) is 5.32 Å². The third kappa shape index (κ3) is 2.11. The smallest absolute Gasteiger partial charge is 0.374 e. The number of benzene rings is 1. The fraction of sp³-hybridized carbons (Fsp3) is 0.308. The van der Waals surface area contributed by atoms with Gasteiger partial charge in [-0.2, -0.15) is 0 Å². The average molecular weight is 247 g/mol. The monoisotopic (exact) mass is 247 g/mol. The Balaban J connectivity index is 2.29. The van der Waals surface area contributed by atoms with Crippen LogP contribution in [0, 0.1) is 5.92 Å². The molecule has 0 radical (unpaired) electrons. The van der Waals surface area contributed by atoms with Gasteiger partial charge in [0, 0.05) is 6.54 Å². The van der Waals surface area contributed by atoms with E-state index in [0.29, 0.717) is 0 Å². The summed E-state index contributed by atoms with van der Waals surface area (Å²) < 4.78 is 4.42. The van der Waals surface area contributed by atoms with E-state index >= 15 is 0 Å². The molecule has 1 aliphatic rings. The molecule has 1 fully saturated rings. The fourth-order valence-corrected chi connectivity index (χ4v) is 2.16. The number of rotatable bonds is 3. The van der Waals surface area contributed by atoms with Gasteiger partial charge < -0.3 is 10.1 Å². The molecule has 1 N–H and O–H groups in total. The van der Waals surface area contributed by atoms with E-state index in [-0.39, 0.29) is 12.5 Å². The number of nitrogens with one attached hydrogen (secondary N) is 1. The molecule has 0 aromatic heterocycles. The van der Waals surface area contributed by atoms with Crippen LogP contribution in [-0.2, 0) is 19.1 Å². The Morgan fingerprint density at radius 1 is 1.28 bits per heavy atom. The van der Waals surface area contributed by atoms with Gasteiger partial charge in [0.2, 0.25) is 11.7 Å². The van der Waals surface area contributed by atoms with E-state index in [1.54, 1.807) is 24.3 Å². The highest BCUT2D eigenvalue weighted by molar-refractivity contribution is 6.35. The number of ether oxygens (including phenoxy) is 1. The minimum absolute atomic E-state index is 0.173. The van der Waals surface area contributed by atoms with Crippen molar-refractivity contribution in [1.29, 1.82) is 0 Å². The number of carbonyl (C=O) groups excluding carboxylic acids is 3. The first-order valence-corrected chi connectivity index (χ1v) is 5.60. The number of hydrogen-bond donors (Lipinski definition) is 1. The summed E-state index contributed by atoms with van der Waals surface area (Å²) in [5, 5.41) is 2.61. The lowest BCUT2D eigenvalue weighted by Crippen LogP contribution is -2.29. The summed E-state index contributed by atoms with van der Waals surface area (Å²) in [4.78, 5) is 34.9. The van der Waals surface area contributed by atoms with Gasteiger partial charge in [0.15, 0.2) is 0 Å². The maximum absolute atomic E-state index is 11.8. The molecular formula is C13H13NO4. The van der Waals surface area contributed by atoms with Crippen LogP contribution in [0.1, 0.15) is 11.5 Å². The second kappa shape index (κ2) is 5.00. The maximum atomic E-state index is 11.8. The first-order chi connectivity index (χ1) is 8.65. The molecule has 2 atom stereocenters. The molecule has 94 valence electrons. The van der Waals surface area contributed by atoms with Crippen LogP contribution in [0.2, 0.25) is 0 Å². The number of ketones is 1. The summed E-state index contributed by atoms with van der Waals surface area (Å²) in [5.74, 6) is -3.10. The summed E-state index contributed by atoms with van der Waals surface area (Å²) in [6, 6.07) is 8.95. The van der Waals surface area contributed by atoms with Crippen LogP contribution in [0.5, 0.6) is 0 Å². The van der Waals surface area contributed by atoms with E-state index in [2.05, 4.69) is 10.1 Å². The Kier molecular flexibility index (Phi) is 3.41. The second-order valence-corrected chi connectivity index (χ2v) is 4.10. The summed E-state index contributed by atoms with van der Waals surface area (Å²) in [5.41, 5.74) is 0.731. The topological polar surface area (TPSA) is 72.5 Å². The standard InChI is InChI=1S/C13H13NO4/c1-18-13(17)11(15)9-7-14-12(16)10(9)8-5-3-2-4-6-8/h2-6,9-10H,7H2,1H3,(H,14,16)/t9-,10+/m0/s1. The lowest BCUT2D eigenvalue weighted by molar-refractivity contribution is -0.153. The van der Waals surface area contributed by atoms with E-state index in [1.165, 1.54) is 0 Å². The molecule has 5 heteroatoms. The molecule has 0 saturated carbocycles. The van der Waals surface area contributed by atoms with Crippen molar-refractivity contribution in [2.45, 2.75) is 5.92 Å². The fourth-order valence-electron chi connectivity index (χ4n) is 2.16. The highest BCUT2D eigenvalue weighted by atomic mass is 16.5. The third-order valence-corrected chi connectivity index (χ3v) is 3.06. The van der Waals surface area contributed by atoms with Gasteiger partial charge >= 0.3 is 5.97 Å². The van der Waals surface area contributed by atoms with Gasteiger partial charge in [-0.3, -0.25) is 9.59 Å². The Morgan fingerprint density at radius 2 is 1.94 bits per heavy atom. The number of amides is 1. The summed E-state index contributed by atoms with van der Waals surface area (Å²) in [6.07, 6.45) is 0. The number of Topliss-reactive ketones (excluding diaryl/α,β-unsaturated/α-hetero) is 1. The van der Waals surface area contributed by atoms with Crippen LogP contribution < -0.4 is 5.32 Å². The maximum Gasteiger partial charge on any atom is 0.374 e. The van der Waals surface area contributed by atoms with Gasteiger partial charge in [-0.05, 0) is 5.56 Å². The van der Waals surface area contributed by atoms with Gasteiger partial charge in [0.1, 0.15) is 0 Å². The van der Waals surface area contributed by atoms with Gasteiger partial charge in [-0.15, -0.1) is 0 Å². The normalized spacial score (nSPS) is 22.4. The lowest BCUT2D eigenvalue weighted by atomic mass is 9.85. The second-order valence-electron chi connectivity index (χ2n) is 4.10. The zero-order valence-corrected chi connectivity index (χ0v) is 9.88. The Labute approximate surface area is 104 Å². The predicted octanol–water partition coefficient (Wildman–Crippen LogP) is 0.258. The number of methoxy groups -OCH3 is 1. The van der Waals surface area contributed by atoms with E-state index in [9.17, 15) is 14.4 Å². The highest BCUT2D eigenvalue weighted by Crippen LogP contribution is 2.29. The summed E-state index contributed by atoms with van der Waals surface area (Å²) in [7, 11) is 1.15. The molecule has 1 saturated heterocycles. The van der Waals surface area contributed by atoms with Gasteiger partial charge in [-0.25, -0.2) is 4.79 Å². The van der Waals surface area contributed by atoms with Crippen LogP contribution in [-0.4, -0.2) is 31.3 Å². The SMILES string of the molecule is COC(=O)C(=O)[C@H]1CNC(=O)[C@@H]1c1ccccc1. The third-order valence-electron chi connectivity index (χ3n) is 3.06. The van der Waals surface area contributed by atoms with Crippen molar-refractivity contribution in [3.63, 3.8) is 0 Å². The Hall–Kier alpha value is -2.17. The van der Waals surface area contributed by atoms with Gasteiger partial charge in [0.25, 0.3) is 0 Å². The van der Waals surface area contributed by atoms with E-state index in [4.69, 9.17) is 0 Å². The molecule has 0 aliphatic carbocycles. The van der Waals surface area contributed by atoms with E-state index < -0.39 is 23.6 Å². The van der Waals surface area contributed by atoms with E-state index in [0.717, 1.165) is 12.7 Å². The molecule has 1 aromatic rings. The molecule has 0 spiro atoms. The minimum atomic E-state index is -0.905. The van der Waals surface area contributed by atoms with Crippen LogP contribution in [0.4, 0.5) is 0 Å². The number of hydrogen-bond acceptors (Lipinski definition) is 4. The van der Waals surface area contributed by atoms with Crippen molar-refractivity contribution in [2.24, 2.45) is 5.92 Å². The Bertz CT molecular complexity index is 483. The van der Waals surface area contributed by atoms with Crippen molar-refractivity contribution in [3.05, 3.63) is 35.9 Å². The predicted molar refractivity (Wildman–Crippen MR) is 62.7 cm³/mol. The molecule has 1 heterocycles. The van der Waals surface area contributed by atoms with Crippen LogP contribution >= 0.6 is 0 Å². The van der Waals surface area contributed by atoms with Crippen molar-refractivity contribution in [2.75, 3.05) is 13.7 Å². The molecule has 0 unspecified atom stereocenters. The summed E-state index contributed by atoms with van der Waals surface area (Å²) >= 11 is 0. The molecular weight excluding hydrogens is 234 g/mol. The van der Waals surface area contributed by atoms with Crippen LogP contribution in [0.25, 0.3) is 0 Å². The molecule has 1 aliphatic heterocycles. The first kappa shape index (κ1) is 12.3. The zero-order chi connectivity index (χ0) is 13.1. The average Bonchev–Trinajstić information content (AvgIpc) is 2.79. The highest BCUT2D eigenvalue weighted by Gasteiger charge is 2.42. The molecule has 2 rings (SSSR count). The molecule has 18 heavy (non-hydrogen) atoms. The van der Waals surface area contributed by atoms with Crippen LogP contribution in [0.15, 0.2) is 30.3 Å². The molecule has 1 amide bonds. The first-order valence-electron chi connectivity index (χ1n) is 5.60. The number of esters is 1. The zero-order valence-electron chi connectivity index (χ0n) is 9.88. The molecule has 1 aromatic carbocycles. The van der Waals surface area contributed by atoms with Gasteiger partial charge in [0.05, 0.1) is 18.9 Å². The summed E-state index contributed by atoms with van der Waals surface area (Å²) in [6.45, 7) is 0.173. The largest absolute Gasteiger partial charge is 0.463 e. The Morgan fingerprint density at radius 3 is 2.56 bits per heavy atom. The quantitative estimate of drug-likeness (QED) is 0.614. The van der Waals surface area contributed by atoms with Crippen molar-refractivity contribution < 1.29 is 19.1 Å². The van der Waals surface area contributed by atoms with Gasteiger partial charge in [-0.1, -0.05) is 30.3 Å². The van der Waals surface area contributed by atoms with Crippen molar-refractivity contribution in [3.8, 4) is 0 Å². The molecule has 0 bridgehead atoms. The van der Waals surface area contributed by atoms with Crippen molar-refractivity contribution >= 4 is 17.7 Å². The van der Waals surface area contributed by atoms with Crippen LogP contribution in [0.3, 0.4) is 0 Å². The number of carbonyl (C=O) groups is 3. The molecule has 5 nitrogen and oxygen atoms in total. The lowest BCUT2D eigenvalue weighted by Gasteiger charge is -2.14.